The SMILES string of the molecule is CCc1cc(N2CCN(Cc3ccccc3)CC2)nc(SCc2ccc(C(=O)N3CCCC3)cc2)n1. The van der Waals surface area contributed by atoms with Gasteiger partial charge in [0.25, 0.3) is 5.91 Å². The van der Waals surface area contributed by atoms with E-state index in [2.05, 4.69) is 65.3 Å². The van der Waals surface area contributed by atoms with Crippen LogP contribution in [0.3, 0.4) is 0 Å². The summed E-state index contributed by atoms with van der Waals surface area (Å²) in [6.45, 7) is 8.93. The number of thioether (sulfide) groups is 1. The maximum atomic E-state index is 12.6. The van der Waals surface area contributed by atoms with E-state index in [0.717, 1.165) is 93.1 Å². The molecule has 0 atom stereocenters. The van der Waals surface area contributed by atoms with Crippen molar-refractivity contribution in [2.45, 2.75) is 43.6 Å². The van der Waals surface area contributed by atoms with Crippen LogP contribution in [0.15, 0.2) is 65.8 Å². The molecule has 5 rings (SSSR count). The number of rotatable bonds is 8. The van der Waals surface area contributed by atoms with Gasteiger partial charge in [-0.3, -0.25) is 9.69 Å². The molecule has 2 aliphatic heterocycles. The van der Waals surface area contributed by atoms with Crippen LogP contribution in [0.5, 0.6) is 0 Å². The summed E-state index contributed by atoms with van der Waals surface area (Å²) in [6.07, 6.45) is 3.12. The van der Waals surface area contributed by atoms with Gasteiger partial charge in [-0.15, -0.1) is 0 Å². The lowest BCUT2D eigenvalue weighted by molar-refractivity contribution is 0.0793. The van der Waals surface area contributed by atoms with Gasteiger partial charge in [0.2, 0.25) is 0 Å². The van der Waals surface area contributed by atoms with Crippen LogP contribution in [-0.4, -0.2) is 64.9 Å². The minimum absolute atomic E-state index is 0.152. The largest absolute Gasteiger partial charge is 0.354 e. The van der Waals surface area contributed by atoms with Crippen LogP contribution in [0.25, 0.3) is 0 Å². The molecule has 0 radical (unpaired) electrons. The van der Waals surface area contributed by atoms with Crippen molar-refractivity contribution < 1.29 is 4.79 Å². The number of aryl methyl sites for hydroxylation is 1. The number of nitrogens with zero attached hydrogens (tertiary/aromatic N) is 5. The van der Waals surface area contributed by atoms with Gasteiger partial charge in [0.05, 0.1) is 0 Å². The Balaban J connectivity index is 1.18. The summed E-state index contributed by atoms with van der Waals surface area (Å²) in [7, 11) is 0. The molecule has 0 N–H and O–H groups in total. The van der Waals surface area contributed by atoms with Crippen molar-refractivity contribution in [1.29, 1.82) is 0 Å². The number of piperazine rings is 1. The number of likely N-dealkylation sites (tertiary alicyclic amines) is 1. The van der Waals surface area contributed by atoms with Crippen LogP contribution in [0.4, 0.5) is 5.82 Å². The van der Waals surface area contributed by atoms with Gasteiger partial charge in [-0.1, -0.05) is 61.2 Å². The molecule has 0 bridgehead atoms. The fourth-order valence-electron chi connectivity index (χ4n) is 4.84. The second-order valence-corrected chi connectivity index (χ2v) is 10.5. The first kappa shape index (κ1) is 24.8. The molecule has 3 aromatic rings. The number of hydrogen-bond acceptors (Lipinski definition) is 6. The van der Waals surface area contributed by atoms with E-state index in [9.17, 15) is 4.79 Å². The first-order chi connectivity index (χ1) is 17.7. The van der Waals surface area contributed by atoms with E-state index in [1.54, 1.807) is 11.8 Å². The van der Waals surface area contributed by atoms with E-state index < -0.39 is 0 Å². The van der Waals surface area contributed by atoms with E-state index >= 15 is 0 Å². The maximum Gasteiger partial charge on any atom is 0.253 e. The number of benzene rings is 2. The number of anilines is 1. The van der Waals surface area contributed by atoms with E-state index in [1.807, 2.05) is 17.0 Å². The van der Waals surface area contributed by atoms with Crippen molar-refractivity contribution in [3.63, 3.8) is 0 Å². The van der Waals surface area contributed by atoms with Crippen LogP contribution in [-0.2, 0) is 18.7 Å². The number of carbonyl (C=O) groups excluding carboxylic acids is 1. The third-order valence-corrected chi connectivity index (χ3v) is 7.93. The molecule has 0 spiro atoms. The van der Waals surface area contributed by atoms with Crippen molar-refractivity contribution in [1.82, 2.24) is 19.8 Å². The molecule has 6 nitrogen and oxygen atoms in total. The van der Waals surface area contributed by atoms with E-state index in [1.165, 1.54) is 11.1 Å². The van der Waals surface area contributed by atoms with Crippen molar-refractivity contribution >= 4 is 23.5 Å². The summed E-state index contributed by atoms with van der Waals surface area (Å²) in [5, 5.41) is 0.827. The molecular weight excluding hydrogens is 466 g/mol. The second-order valence-electron chi connectivity index (χ2n) is 9.59. The topological polar surface area (TPSA) is 52.6 Å². The Bertz CT molecular complexity index is 1140. The van der Waals surface area contributed by atoms with Crippen molar-refractivity contribution in [2.24, 2.45) is 0 Å². The Hall–Kier alpha value is -2.90. The van der Waals surface area contributed by atoms with Gasteiger partial charge in [-0.2, -0.15) is 0 Å². The monoisotopic (exact) mass is 501 g/mol. The third-order valence-electron chi connectivity index (χ3n) is 7.01. The van der Waals surface area contributed by atoms with Crippen LogP contribution in [0, 0.1) is 0 Å². The Kier molecular flexibility index (Phi) is 8.18. The molecule has 2 aromatic carbocycles. The predicted octanol–water partition coefficient (Wildman–Crippen LogP) is 4.89. The van der Waals surface area contributed by atoms with Crippen molar-refractivity contribution in [3.8, 4) is 0 Å². The van der Waals surface area contributed by atoms with Gasteiger partial charge >= 0.3 is 0 Å². The van der Waals surface area contributed by atoms with Gasteiger partial charge in [0, 0.05) is 68.9 Å². The van der Waals surface area contributed by atoms with Gasteiger partial charge in [0.15, 0.2) is 5.16 Å². The molecule has 1 amide bonds. The summed E-state index contributed by atoms with van der Waals surface area (Å²) in [5.41, 5.74) is 4.41. The highest BCUT2D eigenvalue weighted by Crippen LogP contribution is 2.25. The van der Waals surface area contributed by atoms with Crippen LogP contribution in [0.1, 0.15) is 46.9 Å². The van der Waals surface area contributed by atoms with Crippen LogP contribution >= 0.6 is 11.8 Å². The third kappa shape index (κ3) is 6.26. The molecule has 36 heavy (non-hydrogen) atoms. The van der Waals surface area contributed by atoms with Crippen molar-refractivity contribution in [3.05, 3.63) is 83.0 Å². The van der Waals surface area contributed by atoms with Crippen molar-refractivity contribution in [2.75, 3.05) is 44.2 Å². The molecule has 0 unspecified atom stereocenters. The number of aromatic nitrogens is 2. The summed E-state index contributed by atoms with van der Waals surface area (Å²) < 4.78 is 0. The molecule has 0 saturated carbocycles. The molecule has 0 aliphatic carbocycles. The Morgan fingerprint density at radius 3 is 2.28 bits per heavy atom. The fraction of sp³-hybridized carbons (Fsp3) is 0.414. The number of carbonyl (C=O) groups is 1. The van der Waals surface area contributed by atoms with E-state index in [4.69, 9.17) is 9.97 Å². The first-order valence-corrected chi connectivity index (χ1v) is 14.1. The van der Waals surface area contributed by atoms with Gasteiger partial charge < -0.3 is 9.80 Å². The zero-order valence-corrected chi connectivity index (χ0v) is 21.9. The summed E-state index contributed by atoms with van der Waals surface area (Å²) in [5.74, 6) is 1.98. The average molecular weight is 502 g/mol. The van der Waals surface area contributed by atoms with Crippen LogP contribution in [0.2, 0.25) is 0 Å². The number of hydrogen-bond donors (Lipinski definition) is 0. The van der Waals surface area contributed by atoms with E-state index in [0.29, 0.717) is 0 Å². The Labute approximate surface area is 218 Å². The standard InChI is InChI=1S/C29H35N5OS/c1-2-26-20-27(33-18-16-32(17-19-33)21-23-8-4-3-5-9-23)31-29(30-26)36-22-24-10-12-25(13-11-24)28(35)34-14-6-7-15-34/h3-5,8-13,20H,2,6-7,14-19,21-22H2,1H3. The lowest BCUT2D eigenvalue weighted by Gasteiger charge is -2.35. The highest BCUT2D eigenvalue weighted by Gasteiger charge is 2.21. The van der Waals surface area contributed by atoms with Gasteiger partial charge in [-0.25, -0.2) is 9.97 Å². The normalized spacial score (nSPS) is 16.5. The lowest BCUT2D eigenvalue weighted by atomic mass is 10.1. The zero-order valence-electron chi connectivity index (χ0n) is 21.1. The minimum atomic E-state index is 0.152. The number of amides is 1. The molecule has 188 valence electrons. The zero-order chi connectivity index (χ0) is 24.7. The first-order valence-electron chi connectivity index (χ1n) is 13.1. The smallest absolute Gasteiger partial charge is 0.253 e. The molecule has 2 fully saturated rings. The van der Waals surface area contributed by atoms with Crippen LogP contribution < -0.4 is 4.90 Å². The van der Waals surface area contributed by atoms with E-state index in [-0.39, 0.29) is 5.91 Å². The maximum absolute atomic E-state index is 12.6. The lowest BCUT2D eigenvalue weighted by Crippen LogP contribution is -2.46. The predicted molar refractivity (Wildman–Crippen MR) is 146 cm³/mol. The molecule has 2 saturated heterocycles. The Morgan fingerprint density at radius 2 is 1.58 bits per heavy atom. The quantitative estimate of drug-likeness (QED) is 0.324. The summed E-state index contributed by atoms with van der Waals surface area (Å²) >= 11 is 1.67. The highest BCUT2D eigenvalue weighted by atomic mass is 32.2. The fourth-order valence-corrected chi connectivity index (χ4v) is 5.67. The average Bonchev–Trinajstić information content (AvgIpc) is 3.48. The molecule has 2 aliphatic rings. The van der Waals surface area contributed by atoms with Gasteiger partial charge in [-0.05, 0) is 42.5 Å². The second kappa shape index (κ2) is 11.9. The minimum Gasteiger partial charge on any atom is -0.354 e. The summed E-state index contributed by atoms with van der Waals surface area (Å²) in [6, 6.07) is 20.9. The molecular formula is C29H35N5OS. The molecule has 3 heterocycles. The Morgan fingerprint density at radius 1 is 0.861 bits per heavy atom. The van der Waals surface area contributed by atoms with Gasteiger partial charge in [0.1, 0.15) is 5.82 Å². The highest BCUT2D eigenvalue weighted by molar-refractivity contribution is 7.98. The summed E-state index contributed by atoms with van der Waals surface area (Å²) in [4.78, 5) is 29.2. The molecule has 1 aromatic heterocycles. The molecule has 7 heteroatoms.